The maximum atomic E-state index is 12.2. The molecule has 0 atom stereocenters. The van der Waals surface area contributed by atoms with E-state index in [1.807, 2.05) is 49.2 Å². The van der Waals surface area contributed by atoms with Gasteiger partial charge in [0, 0.05) is 32.2 Å². The predicted molar refractivity (Wildman–Crippen MR) is 101 cm³/mol. The highest BCUT2D eigenvalue weighted by Gasteiger charge is 2.16. The fraction of sp³-hybridized carbons (Fsp3) is 0.316. The molecule has 2 aromatic carbocycles. The summed E-state index contributed by atoms with van der Waals surface area (Å²) in [7, 11) is -1.48. The maximum Gasteiger partial charge on any atom is 0.221 e. The number of rotatable bonds is 8. The Balaban J connectivity index is 1.76. The van der Waals surface area contributed by atoms with Crippen LogP contribution in [0.3, 0.4) is 0 Å². The smallest absolute Gasteiger partial charge is 0.221 e. The second-order valence-corrected chi connectivity index (χ2v) is 8.10. The van der Waals surface area contributed by atoms with Crippen LogP contribution < -0.4 is 10.2 Å². The highest BCUT2D eigenvalue weighted by Crippen LogP contribution is 2.13. The average molecular weight is 360 g/mol. The van der Waals surface area contributed by atoms with Crippen molar-refractivity contribution in [3.8, 4) is 0 Å². The van der Waals surface area contributed by atoms with Gasteiger partial charge in [0.1, 0.15) is 0 Å². The number of likely N-dealkylation sites (N-methyl/N-ethyl adjacent to an activating group) is 1. The summed E-state index contributed by atoms with van der Waals surface area (Å²) in [5.41, 5.74) is 2.07. The van der Waals surface area contributed by atoms with Crippen molar-refractivity contribution in [2.24, 2.45) is 0 Å². The molecule has 134 valence electrons. The van der Waals surface area contributed by atoms with Gasteiger partial charge in [-0.1, -0.05) is 35.9 Å². The summed E-state index contributed by atoms with van der Waals surface area (Å²) >= 11 is 0. The van der Waals surface area contributed by atoms with Gasteiger partial charge in [0.05, 0.1) is 10.6 Å². The lowest BCUT2D eigenvalue weighted by Gasteiger charge is -2.19. The Bertz CT molecular complexity index is 787. The maximum absolute atomic E-state index is 12.2. The van der Waals surface area contributed by atoms with Crippen molar-refractivity contribution in [2.45, 2.75) is 18.2 Å². The van der Waals surface area contributed by atoms with Gasteiger partial charge < -0.3 is 10.2 Å². The third kappa shape index (κ3) is 5.90. The summed E-state index contributed by atoms with van der Waals surface area (Å²) in [5.74, 6) is -0.437. The molecule has 0 aliphatic carbocycles. The Morgan fingerprint density at radius 1 is 1.04 bits per heavy atom. The lowest BCUT2D eigenvalue weighted by molar-refractivity contribution is -0.120. The van der Waals surface area contributed by atoms with Crippen molar-refractivity contribution in [3.05, 3.63) is 60.2 Å². The van der Waals surface area contributed by atoms with E-state index >= 15 is 0 Å². The molecule has 0 spiro atoms. The minimum atomic E-state index is -3.43. The molecule has 6 heteroatoms. The minimum Gasteiger partial charge on any atom is -0.373 e. The van der Waals surface area contributed by atoms with Gasteiger partial charge in [0.25, 0.3) is 0 Å². The van der Waals surface area contributed by atoms with E-state index in [1.54, 1.807) is 24.3 Å². The molecule has 0 aliphatic heterocycles. The van der Waals surface area contributed by atoms with Gasteiger partial charge in [-0.3, -0.25) is 4.79 Å². The van der Waals surface area contributed by atoms with E-state index in [2.05, 4.69) is 5.32 Å². The molecule has 2 aromatic rings. The molecule has 1 amide bonds. The van der Waals surface area contributed by atoms with Gasteiger partial charge in [0.15, 0.2) is 9.84 Å². The van der Waals surface area contributed by atoms with E-state index in [-0.39, 0.29) is 23.0 Å². The summed E-state index contributed by atoms with van der Waals surface area (Å²) < 4.78 is 24.5. The van der Waals surface area contributed by atoms with Crippen LogP contribution in [0.1, 0.15) is 12.0 Å². The summed E-state index contributed by atoms with van der Waals surface area (Å²) in [6.45, 7) is 3.02. The van der Waals surface area contributed by atoms with Crippen LogP contribution in [0.2, 0.25) is 0 Å². The standard InChI is InChI=1S/C19H24N2O3S/c1-16-8-10-18(11-9-16)25(23,24)15-12-19(22)20-13-14-21(2)17-6-4-3-5-7-17/h3-11H,12-15H2,1-2H3,(H,20,22). The molecule has 0 saturated heterocycles. The van der Waals surface area contributed by atoms with Gasteiger partial charge in [-0.15, -0.1) is 0 Å². The number of carbonyl (C=O) groups is 1. The Hall–Kier alpha value is -2.34. The molecule has 0 radical (unpaired) electrons. The first-order chi connectivity index (χ1) is 11.9. The van der Waals surface area contributed by atoms with Crippen molar-refractivity contribution in [2.75, 3.05) is 30.8 Å². The number of nitrogens with one attached hydrogen (secondary N) is 1. The second-order valence-electron chi connectivity index (χ2n) is 5.99. The molecule has 0 bridgehead atoms. The first-order valence-corrected chi connectivity index (χ1v) is 9.86. The number of amides is 1. The minimum absolute atomic E-state index is 0.0364. The van der Waals surface area contributed by atoms with E-state index < -0.39 is 9.84 Å². The first-order valence-electron chi connectivity index (χ1n) is 8.21. The Morgan fingerprint density at radius 2 is 1.68 bits per heavy atom. The Kier molecular flexibility index (Phi) is 6.58. The lowest BCUT2D eigenvalue weighted by Crippen LogP contribution is -2.33. The van der Waals surface area contributed by atoms with Gasteiger partial charge in [0.2, 0.25) is 5.91 Å². The number of hydrogen-bond acceptors (Lipinski definition) is 4. The quantitative estimate of drug-likeness (QED) is 0.785. The number of anilines is 1. The van der Waals surface area contributed by atoms with Crippen molar-refractivity contribution < 1.29 is 13.2 Å². The molecule has 1 N–H and O–H groups in total. The predicted octanol–water partition coefficient (Wildman–Crippen LogP) is 2.41. The highest BCUT2D eigenvalue weighted by atomic mass is 32.2. The molecule has 0 aliphatic rings. The van der Waals surface area contributed by atoms with E-state index in [0.717, 1.165) is 11.3 Å². The number of para-hydroxylation sites is 1. The zero-order valence-electron chi connectivity index (χ0n) is 14.6. The monoisotopic (exact) mass is 360 g/mol. The fourth-order valence-electron chi connectivity index (χ4n) is 2.35. The van der Waals surface area contributed by atoms with Crippen LogP contribution in [0.15, 0.2) is 59.5 Å². The lowest BCUT2D eigenvalue weighted by atomic mass is 10.2. The molecule has 0 unspecified atom stereocenters. The highest BCUT2D eigenvalue weighted by molar-refractivity contribution is 7.91. The van der Waals surface area contributed by atoms with Crippen LogP contribution in [-0.4, -0.2) is 40.2 Å². The van der Waals surface area contributed by atoms with Crippen LogP contribution >= 0.6 is 0 Å². The van der Waals surface area contributed by atoms with Gasteiger partial charge in [-0.05, 0) is 31.2 Å². The number of aryl methyl sites for hydroxylation is 1. The Morgan fingerprint density at radius 3 is 2.32 bits per heavy atom. The normalized spacial score (nSPS) is 11.1. The third-order valence-corrected chi connectivity index (χ3v) is 5.68. The number of benzene rings is 2. The molecule has 0 saturated carbocycles. The average Bonchev–Trinajstić information content (AvgIpc) is 2.61. The summed E-state index contributed by atoms with van der Waals surface area (Å²) in [4.78, 5) is 14.2. The van der Waals surface area contributed by atoms with Gasteiger partial charge in [-0.25, -0.2) is 8.42 Å². The SMILES string of the molecule is Cc1ccc(S(=O)(=O)CCC(=O)NCCN(C)c2ccccc2)cc1. The number of carbonyl (C=O) groups excluding carboxylic acids is 1. The van der Waals surface area contributed by atoms with Crippen molar-refractivity contribution in [3.63, 3.8) is 0 Å². The fourth-order valence-corrected chi connectivity index (χ4v) is 3.59. The number of nitrogens with zero attached hydrogens (tertiary/aromatic N) is 1. The summed E-state index contributed by atoms with van der Waals surface area (Å²) in [6, 6.07) is 16.5. The van der Waals surface area contributed by atoms with Crippen LogP contribution in [0, 0.1) is 6.92 Å². The number of hydrogen-bond donors (Lipinski definition) is 1. The van der Waals surface area contributed by atoms with Crippen LogP contribution in [-0.2, 0) is 14.6 Å². The van der Waals surface area contributed by atoms with Crippen molar-refractivity contribution >= 4 is 21.4 Å². The van der Waals surface area contributed by atoms with Gasteiger partial charge in [-0.2, -0.15) is 0 Å². The van der Waals surface area contributed by atoms with Crippen LogP contribution in [0.4, 0.5) is 5.69 Å². The largest absolute Gasteiger partial charge is 0.373 e. The van der Waals surface area contributed by atoms with E-state index in [4.69, 9.17) is 0 Å². The van der Waals surface area contributed by atoms with Crippen LogP contribution in [0.25, 0.3) is 0 Å². The van der Waals surface area contributed by atoms with E-state index in [1.165, 1.54) is 0 Å². The second kappa shape index (κ2) is 8.67. The molecular weight excluding hydrogens is 336 g/mol. The van der Waals surface area contributed by atoms with E-state index in [0.29, 0.717) is 13.1 Å². The molecular formula is C19H24N2O3S. The topological polar surface area (TPSA) is 66.5 Å². The zero-order chi connectivity index (χ0) is 18.3. The first kappa shape index (κ1) is 19.0. The van der Waals surface area contributed by atoms with E-state index in [9.17, 15) is 13.2 Å². The molecule has 0 heterocycles. The van der Waals surface area contributed by atoms with Gasteiger partial charge >= 0.3 is 0 Å². The Labute approximate surface area is 149 Å². The molecule has 25 heavy (non-hydrogen) atoms. The van der Waals surface area contributed by atoms with Crippen molar-refractivity contribution in [1.29, 1.82) is 0 Å². The van der Waals surface area contributed by atoms with Crippen molar-refractivity contribution in [1.82, 2.24) is 5.32 Å². The molecule has 2 rings (SSSR count). The molecule has 0 aromatic heterocycles. The molecule has 0 fully saturated rings. The van der Waals surface area contributed by atoms with Crippen LogP contribution in [0.5, 0.6) is 0 Å². The number of sulfone groups is 1. The zero-order valence-corrected chi connectivity index (χ0v) is 15.4. The summed E-state index contributed by atoms with van der Waals surface area (Å²) in [6.07, 6.45) is -0.0364. The molecule has 5 nitrogen and oxygen atoms in total. The third-order valence-electron chi connectivity index (χ3n) is 3.94. The summed E-state index contributed by atoms with van der Waals surface area (Å²) in [5, 5.41) is 2.77.